The van der Waals surface area contributed by atoms with Crippen LogP contribution in [0.15, 0.2) is 43.0 Å². The van der Waals surface area contributed by atoms with E-state index in [1.54, 1.807) is 0 Å². The lowest BCUT2D eigenvalue weighted by Gasteiger charge is -2.09. The molecule has 0 aliphatic heterocycles. The summed E-state index contributed by atoms with van der Waals surface area (Å²) < 4.78 is 14.0. The van der Waals surface area contributed by atoms with Crippen molar-refractivity contribution in [3.63, 3.8) is 0 Å². The molecule has 1 aromatic heterocycles. The van der Waals surface area contributed by atoms with E-state index in [4.69, 9.17) is 0 Å². The van der Waals surface area contributed by atoms with Crippen LogP contribution in [0.4, 0.5) is 9.52 Å². The predicted molar refractivity (Wildman–Crippen MR) is 106 cm³/mol. The summed E-state index contributed by atoms with van der Waals surface area (Å²) in [5, 5.41) is 3.26. The van der Waals surface area contributed by atoms with Crippen LogP contribution in [0.5, 0.6) is 0 Å². The van der Waals surface area contributed by atoms with Crippen LogP contribution in [0.1, 0.15) is 24.5 Å². The quantitative estimate of drug-likeness (QED) is 0.653. The molecule has 5 heteroatoms. The zero-order valence-corrected chi connectivity index (χ0v) is 15.5. The van der Waals surface area contributed by atoms with Gasteiger partial charge in [0.1, 0.15) is 6.17 Å². The second-order valence-electron chi connectivity index (χ2n) is 6.86. The highest BCUT2D eigenvalue weighted by Crippen LogP contribution is 2.36. The standard InChI is InChI=1S/C21H19FN2OS/c1-11(2)13-5-4-12(3)15(8-13)14-6-7-18-19(9-14)26-21(23-18)24-20(25)16-10-17(16)22/h4-9,16-17H,1,10H2,2-3H3,(H,23,24,25)/t16-,17?/m1/s1. The van der Waals surface area contributed by atoms with E-state index in [1.807, 2.05) is 19.1 Å². The molecule has 2 aromatic carbocycles. The summed E-state index contributed by atoms with van der Waals surface area (Å²) in [5.41, 5.74) is 6.43. The van der Waals surface area contributed by atoms with E-state index in [0.717, 1.165) is 32.5 Å². The second kappa shape index (κ2) is 6.32. The number of carbonyl (C=O) groups is 1. The number of aromatic nitrogens is 1. The zero-order chi connectivity index (χ0) is 18.4. The average molecular weight is 366 g/mol. The number of thiazole rings is 1. The first-order chi connectivity index (χ1) is 12.4. The molecule has 2 atom stereocenters. The van der Waals surface area contributed by atoms with Crippen LogP contribution in [0.2, 0.25) is 0 Å². The molecule has 0 saturated heterocycles. The zero-order valence-electron chi connectivity index (χ0n) is 14.7. The molecule has 1 amide bonds. The van der Waals surface area contributed by atoms with Crippen LogP contribution >= 0.6 is 11.3 Å². The predicted octanol–water partition coefficient (Wildman–Crippen LogP) is 5.60. The lowest BCUT2D eigenvalue weighted by atomic mass is 9.96. The van der Waals surface area contributed by atoms with Gasteiger partial charge >= 0.3 is 0 Å². The van der Waals surface area contributed by atoms with Crippen molar-refractivity contribution in [2.24, 2.45) is 5.92 Å². The Morgan fingerprint density at radius 1 is 1.31 bits per heavy atom. The summed E-state index contributed by atoms with van der Waals surface area (Å²) in [6.07, 6.45) is -0.682. The van der Waals surface area contributed by atoms with E-state index in [0.29, 0.717) is 11.6 Å². The molecule has 1 aliphatic rings. The number of nitrogens with zero attached hydrogens (tertiary/aromatic N) is 1. The fourth-order valence-electron chi connectivity index (χ4n) is 2.98. The number of aryl methyl sites for hydroxylation is 1. The Morgan fingerprint density at radius 3 is 2.77 bits per heavy atom. The molecule has 1 saturated carbocycles. The minimum Gasteiger partial charge on any atom is -0.302 e. The van der Waals surface area contributed by atoms with Gasteiger partial charge in [-0.05, 0) is 60.7 Å². The highest BCUT2D eigenvalue weighted by molar-refractivity contribution is 7.22. The van der Waals surface area contributed by atoms with Crippen LogP contribution in [-0.4, -0.2) is 17.1 Å². The number of hydrogen-bond donors (Lipinski definition) is 1. The number of fused-ring (bicyclic) bond motifs is 1. The highest BCUT2D eigenvalue weighted by Gasteiger charge is 2.43. The van der Waals surface area contributed by atoms with Crippen LogP contribution in [0.3, 0.4) is 0 Å². The second-order valence-corrected chi connectivity index (χ2v) is 7.89. The number of halogens is 1. The number of benzene rings is 2. The monoisotopic (exact) mass is 366 g/mol. The van der Waals surface area contributed by atoms with E-state index in [2.05, 4.69) is 48.1 Å². The SMILES string of the molecule is C=C(C)c1ccc(C)c(-c2ccc3nc(NC(=O)[C@@H]4CC4F)sc3c2)c1. The largest absolute Gasteiger partial charge is 0.302 e. The van der Waals surface area contributed by atoms with Crippen LogP contribution in [-0.2, 0) is 4.79 Å². The summed E-state index contributed by atoms with van der Waals surface area (Å²) in [6.45, 7) is 8.10. The number of carbonyl (C=O) groups excluding carboxylic acids is 1. The number of hydrogen-bond acceptors (Lipinski definition) is 3. The molecule has 1 unspecified atom stereocenters. The number of amides is 1. The van der Waals surface area contributed by atoms with Gasteiger partial charge < -0.3 is 5.32 Å². The smallest absolute Gasteiger partial charge is 0.232 e. The van der Waals surface area contributed by atoms with Crippen molar-refractivity contribution in [2.45, 2.75) is 26.4 Å². The molecular weight excluding hydrogens is 347 g/mol. The molecule has 1 aliphatic carbocycles. The molecule has 0 bridgehead atoms. The van der Waals surface area contributed by atoms with Crippen molar-refractivity contribution in [2.75, 3.05) is 5.32 Å². The first-order valence-electron chi connectivity index (χ1n) is 8.55. The summed E-state index contributed by atoms with van der Waals surface area (Å²) in [6, 6.07) is 12.4. The summed E-state index contributed by atoms with van der Waals surface area (Å²) in [5.74, 6) is -0.785. The Balaban J connectivity index is 1.66. The Kier molecular flexibility index (Phi) is 4.11. The number of anilines is 1. The van der Waals surface area contributed by atoms with Gasteiger partial charge in [0, 0.05) is 0 Å². The van der Waals surface area contributed by atoms with E-state index in [-0.39, 0.29) is 5.91 Å². The molecule has 132 valence electrons. The molecule has 26 heavy (non-hydrogen) atoms. The van der Waals surface area contributed by atoms with Crippen molar-refractivity contribution in [1.29, 1.82) is 0 Å². The van der Waals surface area contributed by atoms with Crippen molar-refractivity contribution >= 4 is 38.2 Å². The molecular formula is C21H19FN2OS. The lowest BCUT2D eigenvalue weighted by Crippen LogP contribution is -2.14. The highest BCUT2D eigenvalue weighted by atomic mass is 32.1. The third-order valence-corrected chi connectivity index (χ3v) is 5.64. The third-order valence-electron chi connectivity index (χ3n) is 4.71. The summed E-state index contributed by atoms with van der Waals surface area (Å²) in [4.78, 5) is 16.3. The Hall–Kier alpha value is -2.53. The average Bonchev–Trinajstić information content (AvgIpc) is 3.20. The minimum absolute atomic E-state index is 0.276. The molecule has 3 aromatic rings. The normalized spacial score (nSPS) is 18.7. The lowest BCUT2D eigenvalue weighted by molar-refractivity contribution is -0.117. The van der Waals surface area contributed by atoms with Gasteiger partial charge in [0.2, 0.25) is 5.91 Å². The van der Waals surface area contributed by atoms with Crippen molar-refractivity contribution in [3.8, 4) is 11.1 Å². The minimum atomic E-state index is -1.00. The third kappa shape index (κ3) is 3.15. The van der Waals surface area contributed by atoms with Gasteiger partial charge in [0.25, 0.3) is 0 Å². The molecule has 0 spiro atoms. The number of alkyl halides is 1. The fourth-order valence-corrected chi connectivity index (χ4v) is 3.89. The van der Waals surface area contributed by atoms with Crippen molar-refractivity contribution < 1.29 is 9.18 Å². The van der Waals surface area contributed by atoms with Crippen LogP contribution < -0.4 is 5.32 Å². The van der Waals surface area contributed by atoms with Gasteiger partial charge in [-0.1, -0.05) is 41.7 Å². The topological polar surface area (TPSA) is 42.0 Å². The van der Waals surface area contributed by atoms with E-state index >= 15 is 0 Å². The molecule has 4 rings (SSSR count). The number of nitrogens with one attached hydrogen (secondary N) is 1. The Bertz CT molecular complexity index is 1040. The fraction of sp³-hybridized carbons (Fsp3) is 0.238. The molecule has 1 fully saturated rings. The van der Waals surface area contributed by atoms with Gasteiger partial charge in [-0.2, -0.15) is 0 Å². The van der Waals surface area contributed by atoms with Gasteiger partial charge in [-0.15, -0.1) is 0 Å². The molecule has 3 nitrogen and oxygen atoms in total. The van der Waals surface area contributed by atoms with Gasteiger partial charge in [0.05, 0.1) is 16.1 Å². The van der Waals surface area contributed by atoms with Gasteiger partial charge in [-0.3, -0.25) is 4.79 Å². The summed E-state index contributed by atoms with van der Waals surface area (Å²) >= 11 is 1.41. The number of rotatable bonds is 4. The maximum absolute atomic E-state index is 13.0. The Morgan fingerprint density at radius 2 is 2.08 bits per heavy atom. The van der Waals surface area contributed by atoms with Gasteiger partial charge in [-0.25, -0.2) is 9.37 Å². The van der Waals surface area contributed by atoms with Crippen molar-refractivity contribution in [1.82, 2.24) is 4.98 Å². The van der Waals surface area contributed by atoms with E-state index in [9.17, 15) is 9.18 Å². The van der Waals surface area contributed by atoms with Crippen molar-refractivity contribution in [3.05, 3.63) is 54.1 Å². The maximum atomic E-state index is 13.0. The Labute approximate surface area is 155 Å². The van der Waals surface area contributed by atoms with E-state index < -0.39 is 12.1 Å². The summed E-state index contributed by atoms with van der Waals surface area (Å²) in [7, 11) is 0. The first kappa shape index (κ1) is 16.9. The van der Waals surface area contributed by atoms with Crippen LogP contribution in [0, 0.1) is 12.8 Å². The molecule has 1 heterocycles. The maximum Gasteiger partial charge on any atom is 0.232 e. The first-order valence-corrected chi connectivity index (χ1v) is 9.36. The van der Waals surface area contributed by atoms with Crippen LogP contribution in [0.25, 0.3) is 26.9 Å². The molecule has 0 radical (unpaired) electrons. The number of allylic oxidation sites excluding steroid dienone is 1. The molecule has 1 N–H and O–H groups in total. The van der Waals surface area contributed by atoms with E-state index in [1.165, 1.54) is 16.9 Å². The van der Waals surface area contributed by atoms with Gasteiger partial charge in [0.15, 0.2) is 5.13 Å².